The zero-order chi connectivity index (χ0) is 18.6. The largest absolute Gasteiger partial charge is 0.495 e. The van der Waals surface area contributed by atoms with Gasteiger partial charge in [0.2, 0.25) is 10.0 Å². The van der Waals surface area contributed by atoms with Crippen LogP contribution in [0.1, 0.15) is 17.7 Å². The van der Waals surface area contributed by atoms with E-state index in [1.54, 1.807) is 17.4 Å². The Bertz CT molecular complexity index is 817. The Morgan fingerprint density at radius 2 is 2.08 bits per heavy atom. The first-order valence-corrected chi connectivity index (χ1v) is 11.3. The summed E-state index contributed by atoms with van der Waals surface area (Å²) in [7, 11) is -2.07. The van der Waals surface area contributed by atoms with Gasteiger partial charge in [0.05, 0.1) is 17.0 Å². The molecular formula is C18H23ClN2O3S2. The lowest BCUT2D eigenvalue weighted by molar-refractivity contribution is 0.180. The number of ether oxygens (including phenoxy) is 1. The number of nitrogens with zero attached hydrogens (tertiary/aromatic N) is 1. The van der Waals surface area contributed by atoms with Crippen LogP contribution in [-0.2, 0) is 16.6 Å². The summed E-state index contributed by atoms with van der Waals surface area (Å²) >= 11 is 7.82. The fourth-order valence-electron chi connectivity index (χ4n) is 3.10. The highest BCUT2D eigenvalue weighted by atomic mass is 35.5. The molecule has 1 aliphatic rings. The van der Waals surface area contributed by atoms with Gasteiger partial charge in [0, 0.05) is 18.0 Å². The summed E-state index contributed by atoms with van der Waals surface area (Å²) in [6.45, 7) is 3.44. The Kier molecular flexibility index (Phi) is 6.58. The average Bonchev–Trinajstić information content (AvgIpc) is 3.14. The maximum Gasteiger partial charge on any atom is 0.240 e. The third kappa shape index (κ3) is 4.98. The van der Waals surface area contributed by atoms with E-state index >= 15 is 0 Å². The molecule has 1 aromatic carbocycles. The van der Waals surface area contributed by atoms with Gasteiger partial charge in [-0.15, -0.1) is 11.3 Å². The molecule has 0 amide bonds. The minimum absolute atomic E-state index is 0.165. The molecule has 2 aromatic rings. The SMILES string of the molecule is COc1ccc(S(=O)(=O)NCC2CCN(Cc3cccs3)CC2)cc1Cl. The van der Waals surface area contributed by atoms with Crippen molar-refractivity contribution in [1.29, 1.82) is 0 Å². The summed E-state index contributed by atoms with van der Waals surface area (Å²) in [4.78, 5) is 3.97. The van der Waals surface area contributed by atoms with Crippen molar-refractivity contribution in [3.8, 4) is 5.75 Å². The fraction of sp³-hybridized carbons (Fsp3) is 0.444. The highest BCUT2D eigenvalue weighted by molar-refractivity contribution is 7.89. The molecule has 8 heteroatoms. The first-order valence-electron chi connectivity index (χ1n) is 8.56. The number of piperidine rings is 1. The van der Waals surface area contributed by atoms with E-state index in [4.69, 9.17) is 16.3 Å². The number of methoxy groups -OCH3 is 1. The number of halogens is 1. The molecule has 1 saturated heterocycles. The van der Waals surface area contributed by atoms with Crippen LogP contribution in [0.25, 0.3) is 0 Å². The molecule has 0 atom stereocenters. The molecule has 1 aliphatic heterocycles. The quantitative estimate of drug-likeness (QED) is 0.752. The molecule has 3 rings (SSSR count). The van der Waals surface area contributed by atoms with E-state index in [1.807, 2.05) is 0 Å². The fourth-order valence-corrected chi connectivity index (χ4v) is 5.31. The number of thiophene rings is 1. The Balaban J connectivity index is 1.50. The van der Waals surface area contributed by atoms with E-state index in [0.29, 0.717) is 18.2 Å². The van der Waals surface area contributed by atoms with E-state index in [-0.39, 0.29) is 9.92 Å². The molecule has 1 N–H and O–H groups in total. The van der Waals surface area contributed by atoms with Crippen LogP contribution in [0.4, 0.5) is 0 Å². The normalized spacial score (nSPS) is 16.7. The second-order valence-corrected chi connectivity index (χ2v) is 9.65. The maximum absolute atomic E-state index is 12.5. The van der Waals surface area contributed by atoms with Crippen LogP contribution in [0.3, 0.4) is 0 Å². The highest BCUT2D eigenvalue weighted by Gasteiger charge is 2.22. The van der Waals surface area contributed by atoms with Crippen LogP contribution in [0, 0.1) is 5.92 Å². The van der Waals surface area contributed by atoms with Crippen molar-refractivity contribution in [3.63, 3.8) is 0 Å². The zero-order valence-electron chi connectivity index (χ0n) is 14.7. The van der Waals surface area contributed by atoms with Crippen molar-refractivity contribution in [2.45, 2.75) is 24.3 Å². The monoisotopic (exact) mass is 414 g/mol. The van der Waals surface area contributed by atoms with Crippen LogP contribution in [0.5, 0.6) is 5.75 Å². The van der Waals surface area contributed by atoms with Crippen molar-refractivity contribution >= 4 is 33.0 Å². The molecule has 142 valence electrons. The zero-order valence-corrected chi connectivity index (χ0v) is 17.0. The van der Waals surface area contributed by atoms with E-state index in [1.165, 1.54) is 24.1 Å². The Labute approximate surface area is 164 Å². The predicted molar refractivity (Wildman–Crippen MR) is 106 cm³/mol. The van der Waals surface area contributed by atoms with Gasteiger partial charge in [-0.3, -0.25) is 4.90 Å². The number of likely N-dealkylation sites (tertiary alicyclic amines) is 1. The van der Waals surface area contributed by atoms with Crippen LogP contribution in [0.15, 0.2) is 40.6 Å². The van der Waals surface area contributed by atoms with Crippen molar-refractivity contribution in [2.75, 3.05) is 26.7 Å². The standard InChI is InChI=1S/C18H23ClN2O3S2/c1-24-18-5-4-16(11-17(18)19)26(22,23)20-12-14-6-8-21(9-7-14)13-15-3-2-10-25-15/h2-5,10-11,14,20H,6-9,12-13H2,1H3. The van der Waals surface area contributed by atoms with Gasteiger partial charge >= 0.3 is 0 Å². The average molecular weight is 415 g/mol. The number of nitrogens with one attached hydrogen (secondary N) is 1. The first-order chi connectivity index (χ1) is 12.5. The van der Waals surface area contributed by atoms with Crippen molar-refractivity contribution in [1.82, 2.24) is 9.62 Å². The lowest BCUT2D eigenvalue weighted by Crippen LogP contribution is -2.38. The molecule has 0 radical (unpaired) electrons. The Morgan fingerprint density at radius 1 is 1.31 bits per heavy atom. The summed E-state index contributed by atoms with van der Waals surface area (Å²) in [5.74, 6) is 0.821. The van der Waals surface area contributed by atoms with Crippen LogP contribution >= 0.6 is 22.9 Å². The summed E-state index contributed by atoms with van der Waals surface area (Å²) in [6, 6.07) is 8.74. The van der Waals surface area contributed by atoms with Gasteiger partial charge in [-0.25, -0.2) is 13.1 Å². The minimum atomic E-state index is -3.56. The van der Waals surface area contributed by atoms with Gasteiger partial charge in [-0.1, -0.05) is 17.7 Å². The third-order valence-corrected chi connectivity index (χ3v) is 7.24. The van der Waals surface area contributed by atoms with Gasteiger partial charge < -0.3 is 4.74 Å². The number of hydrogen-bond acceptors (Lipinski definition) is 5. The molecule has 1 fully saturated rings. The minimum Gasteiger partial charge on any atom is -0.495 e. The lowest BCUT2D eigenvalue weighted by Gasteiger charge is -2.31. The maximum atomic E-state index is 12.5. The van der Waals surface area contributed by atoms with Gasteiger partial charge in [-0.2, -0.15) is 0 Å². The van der Waals surface area contributed by atoms with Gasteiger partial charge in [-0.05, 0) is 61.5 Å². The van der Waals surface area contributed by atoms with E-state index < -0.39 is 10.0 Å². The lowest BCUT2D eigenvalue weighted by atomic mass is 9.97. The summed E-state index contributed by atoms with van der Waals surface area (Å²) < 4.78 is 32.8. The first kappa shape index (κ1) is 19.6. The third-order valence-electron chi connectivity index (χ3n) is 4.66. The molecule has 0 bridgehead atoms. The van der Waals surface area contributed by atoms with Crippen LogP contribution < -0.4 is 9.46 Å². The summed E-state index contributed by atoms with van der Waals surface area (Å²) in [5, 5.41) is 2.39. The van der Waals surface area contributed by atoms with Crippen LogP contribution in [-0.4, -0.2) is 40.1 Å². The Morgan fingerprint density at radius 3 is 2.69 bits per heavy atom. The molecule has 0 unspecified atom stereocenters. The number of sulfonamides is 1. The molecule has 1 aromatic heterocycles. The van der Waals surface area contributed by atoms with Gasteiger partial charge in [0.1, 0.15) is 5.75 Å². The Hall–Kier alpha value is -1.12. The molecule has 0 aliphatic carbocycles. The number of hydrogen-bond donors (Lipinski definition) is 1. The van der Waals surface area contributed by atoms with Gasteiger partial charge in [0.15, 0.2) is 0 Å². The van der Waals surface area contributed by atoms with Crippen molar-refractivity contribution < 1.29 is 13.2 Å². The van der Waals surface area contributed by atoms with Gasteiger partial charge in [0.25, 0.3) is 0 Å². The number of benzene rings is 1. The molecule has 2 heterocycles. The van der Waals surface area contributed by atoms with Crippen molar-refractivity contribution in [2.24, 2.45) is 5.92 Å². The smallest absolute Gasteiger partial charge is 0.240 e. The van der Waals surface area contributed by atoms with E-state index in [0.717, 1.165) is 32.5 Å². The molecule has 26 heavy (non-hydrogen) atoms. The molecular weight excluding hydrogens is 392 g/mol. The number of rotatable bonds is 7. The van der Waals surface area contributed by atoms with E-state index in [9.17, 15) is 8.42 Å². The van der Waals surface area contributed by atoms with Crippen LogP contribution in [0.2, 0.25) is 5.02 Å². The van der Waals surface area contributed by atoms with Crippen molar-refractivity contribution in [3.05, 3.63) is 45.6 Å². The second kappa shape index (κ2) is 8.71. The highest BCUT2D eigenvalue weighted by Crippen LogP contribution is 2.27. The topological polar surface area (TPSA) is 58.6 Å². The molecule has 0 saturated carbocycles. The summed E-state index contributed by atoms with van der Waals surface area (Å²) in [5.41, 5.74) is 0. The predicted octanol–water partition coefficient (Wildman–Crippen LogP) is 3.60. The second-order valence-electron chi connectivity index (χ2n) is 6.45. The molecule has 0 spiro atoms. The molecule has 5 nitrogen and oxygen atoms in total. The summed E-state index contributed by atoms with van der Waals surface area (Å²) in [6.07, 6.45) is 1.99. The van der Waals surface area contributed by atoms with E-state index in [2.05, 4.69) is 27.1 Å².